The van der Waals surface area contributed by atoms with Crippen LogP contribution in [0.5, 0.6) is 0 Å². The molecule has 2 N–H and O–H groups in total. The van der Waals surface area contributed by atoms with E-state index in [0.717, 1.165) is 17.2 Å². The SMILES string of the molecule is Cc1c(N)nc(C2CC2)nc1-n1ccnc1. The maximum atomic E-state index is 5.91. The van der Waals surface area contributed by atoms with Crippen LogP contribution in [-0.4, -0.2) is 19.5 Å². The maximum absolute atomic E-state index is 5.91. The van der Waals surface area contributed by atoms with Crippen LogP contribution >= 0.6 is 0 Å². The lowest BCUT2D eigenvalue weighted by Gasteiger charge is -2.09. The van der Waals surface area contributed by atoms with Crippen LogP contribution < -0.4 is 5.73 Å². The average Bonchev–Trinajstić information content (AvgIpc) is 2.98. The Labute approximate surface area is 93.4 Å². The molecule has 5 heteroatoms. The largest absolute Gasteiger partial charge is 0.383 e. The number of aromatic nitrogens is 4. The summed E-state index contributed by atoms with van der Waals surface area (Å²) < 4.78 is 1.87. The molecule has 0 aromatic carbocycles. The number of imidazole rings is 1. The van der Waals surface area contributed by atoms with E-state index in [-0.39, 0.29) is 0 Å². The highest BCUT2D eigenvalue weighted by molar-refractivity contribution is 5.48. The number of anilines is 1. The van der Waals surface area contributed by atoms with E-state index >= 15 is 0 Å². The fourth-order valence-electron chi connectivity index (χ4n) is 1.70. The van der Waals surface area contributed by atoms with Crippen LogP contribution in [0.3, 0.4) is 0 Å². The molecule has 0 atom stereocenters. The van der Waals surface area contributed by atoms with Crippen molar-refractivity contribution in [2.45, 2.75) is 25.7 Å². The van der Waals surface area contributed by atoms with Gasteiger partial charge < -0.3 is 5.73 Å². The number of rotatable bonds is 2. The van der Waals surface area contributed by atoms with Gasteiger partial charge in [-0.2, -0.15) is 0 Å². The number of hydrogen-bond acceptors (Lipinski definition) is 4. The summed E-state index contributed by atoms with van der Waals surface area (Å²) in [5, 5.41) is 0. The minimum atomic E-state index is 0.505. The molecule has 1 aliphatic rings. The van der Waals surface area contributed by atoms with Crippen molar-refractivity contribution in [3.05, 3.63) is 30.1 Å². The van der Waals surface area contributed by atoms with Crippen LogP contribution in [0.4, 0.5) is 5.82 Å². The van der Waals surface area contributed by atoms with Gasteiger partial charge in [0.2, 0.25) is 0 Å². The minimum Gasteiger partial charge on any atom is -0.383 e. The lowest BCUT2D eigenvalue weighted by atomic mass is 10.3. The molecule has 0 bridgehead atoms. The third kappa shape index (κ3) is 1.44. The zero-order chi connectivity index (χ0) is 11.1. The molecule has 3 rings (SSSR count). The zero-order valence-electron chi connectivity index (χ0n) is 9.09. The minimum absolute atomic E-state index is 0.505. The van der Waals surface area contributed by atoms with E-state index in [9.17, 15) is 0 Å². The van der Waals surface area contributed by atoms with Gasteiger partial charge in [0.15, 0.2) is 0 Å². The first kappa shape index (κ1) is 9.33. The molecule has 1 aliphatic carbocycles. The molecule has 82 valence electrons. The van der Waals surface area contributed by atoms with Gasteiger partial charge in [-0.1, -0.05) is 0 Å². The van der Waals surface area contributed by atoms with Crippen LogP contribution in [0, 0.1) is 6.92 Å². The lowest BCUT2D eigenvalue weighted by Crippen LogP contribution is -2.07. The van der Waals surface area contributed by atoms with Crippen LogP contribution in [0.2, 0.25) is 0 Å². The van der Waals surface area contributed by atoms with E-state index in [2.05, 4.69) is 15.0 Å². The number of nitrogens with two attached hydrogens (primary N) is 1. The van der Waals surface area contributed by atoms with Gasteiger partial charge in [0.05, 0.1) is 0 Å². The molecule has 0 spiro atoms. The number of hydrogen-bond donors (Lipinski definition) is 1. The average molecular weight is 215 g/mol. The molecule has 2 aromatic heterocycles. The molecule has 16 heavy (non-hydrogen) atoms. The van der Waals surface area contributed by atoms with Crippen molar-refractivity contribution in [2.75, 3.05) is 5.73 Å². The number of nitrogen functional groups attached to an aromatic ring is 1. The van der Waals surface area contributed by atoms with Crippen LogP contribution in [0.1, 0.15) is 30.1 Å². The van der Waals surface area contributed by atoms with Crippen molar-refractivity contribution >= 4 is 5.82 Å². The standard InChI is InChI=1S/C11H13N5/c1-7-9(12)14-10(8-2-3-8)15-11(7)16-5-4-13-6-16/h4-6,8H,2-3H2,1H3,(H2,12,14,15). The Kier molecular flexibility index (Phi) is 1.92. The molecule has 2 heterocycles. The first-order chi connectivity index (χ1) is 7.75. The quantitative estimate of drug-likeness (QED) is 0.822. The third-order valence-corrected chi connectivity index (χ3v) is 2.87. The van der Waals surface area contributed by atoms with E-state index in [1.165, 1.54) is 12.8 Å². The summed E-state index contributed by atoms with van der Waals surface area (Å²) in [5.74, 6) is 2.78. The predicted octanol–water partition coefficient (Wildman–Crippen LogP) is 1.43. The van der Waals surface area contributed by atoms with Crippen molar-refractivity contribution in [3.8, 4) is 5.82 Å². The first-order valence-corrected chi connectivity index (χ1v) is 5.38. The molecule has 0 saturated heterocycles. The van der Waals surface area contributed by atoms with Gasteiger partial charge in [-0.25, -0.2) is 15.0 Å². The second kappa shape index (κ2) is 3.30. The molecular weight excluding hydrogens is 202 g/mol. The second-order valence-corrected chi connectivity index (χ2v) is 4.16. The van der Waals surface area contributed by atoms with Crippen molar-refractivity contribution in [3.63, 3.8) is 0 Å². The van der Waals surface area contributed by atoms with Gasteiger partial charge in [0.1, 0.15) is 23.8 Å². The Hall–Kier alpha value is -1.91. The molecule has 1 fully saturated rings. The van der Waals surface area contributed by atoms with Crippen LogP contribution in [-0.2, 0) is 0 Å². The van der Waals surface area contributed by atoms with Gasteiger partial charge in [-0.05, 0) is 19.8 Å². The van der Waals surface area contributed by atoms with E-state index in [4.69, 9.17) is 5.73 Å². The van der Waals surface area contributed by atoms with Gasteiger partial charge >= 0.3 is 0 Å². The molecule has 1 saturated carbocycles. The highest BCUT2D eigenvalue weighted by Crippen LogP contribution is 2.38. The Morgan fingerprint density at radius 1 is 1.38 bits per heavy atom. The molecule has 0 aliphatic heterocycles. The van der Waals surface area contributed by atoms with Gasteiger partial charge in [0.25, 0.3) is 0 Å². The molecule has 0 unspecified atom stereocenters. The summed E-state index contributed by atoms with van der Waals surface area (Å²) in [6.45, 7) is 1.93. The highest BCUT2D eigenvalue weighted by atomic mass is 15.1. The lowest BCUT2D eigenvalue weighted by molar-refractivity contribution is 0.871. The summed E-state index contributed by atoms with van der Waals surface area (Å²) in [4.78, 5) is 12.9. The van der Waals surface area contributed by atoms with Crippen molar-refractivity contribution in [1.82, 2.24) is 19.5 Å². The van der Waals surface area contributed by atoms with E-state index < -0.39 is 0 Å². The predicted molar refractivity (Wildman–Crippen MR) is 60.3 cm³/mol. The van der Waals surface area contributed by atoms with E-state index in [1.54, 1.807) is 12.5 Å². The summed E-state index contributed by atoms with van der Waals surface area (Å²) >= 11 is 0. The normalized spacial score (nSPS) is 15.3. The van der Waals surface area contributed by atoms with Gasteiger partial charge in [-0.15, -0.1) is 0 Å². The summed E-state index contributed by atoms with van der Waals surface area (Å²) in [6.07, 6.45) is 7.67. The summed E-state index contributed by atoms with van der Waals surface area (Å²) in [5.41, 5.74) is 6.81. The van der Waals surface area contributed by atoms with Crippen molar-refractivity contribution in [1.29, 1.82) is 0 Å². The van der Waals surface area contributed by atoms with E-state index in [0.29, 0.717) is 11.7 Å². The fraction of sp³-hybridized carbons (Fsp3) is 0.364. The summed E-state index contributed by atoms with van der Waals surface area (Å²) in [6, 6.07) is 0. The topological polar surface area (TPSA) is 69.6 Å². The smallest absolute Gasteiger partial charge is 0.146 e. The molecule has 5 nitrogen and oxygen atoms in total. The van der Waals surface area contributed by atoms with Gasteiger partial charge in [-0.3, -0.25) is 4.57 Å². The zero-order valence-corrected chi connectivity index (χ0v) is 9.09. The Morgan fingerprint density at radius 3 is 2.81 bits per heavy atom. The van der Waals surface area contributed by atoms with E-state index in [1.807, 2.05) is 17.7 Å². The second-order valence-electron chi connectivity index (χ2n) is 4.16. The van der Waals surface area contributed by atoms with Crippen molar-refractivity contribution in [2.24, 2.45) is 0 Å². The molecule has 0 radical (unpaired) electrons. The van der Waals surface area contributed by atoms with Crippen molar-refractivity contribution < 1.29 is 0 Å². The first-order valence-electron chi connectivity index (χ1n) is 5.38. The van der Waals surface area contributed by atoms with Gasteiger partial charge in [0, 0.05) is 23.9 Å². The Bertz CT molecular complexity index is 513. The highest BCUT2D eigenvalue weighted by Gasteiger charge is 2.28. The fourth-order valence-corrected chi connectivity index (χ4v) is 1.70. The third-order valence-electron chi connectivity index (χ3n) is 2.87. The Balaban J connectivity index is 2.15. The molecule has 0 amide bonds. The molecule has 2 aromatic rings. The molecular formula is C11H13N5. The number of nitrogens with zero attached hydrogens (tertiary/aromatic N) is 4. The monoisotopic (exact) mass is 215 g/mol. The van der Waals surface area contributed by atoms with Crippen LogP contribution in [0.25, 0.3) is 5.82 Å². The van der Waals surface area contributed by atoms with Crippen LogP contribution in [0.15, 0.2) is 18.7 Å². The Morgan fingerprint density at radius 2 is 2.19 bits per heavy atom. The maximum Gasteiger partial charge on any atom is 0.146 e. The summed E-state index contributed by atoms with van der Waals surface area (Å²) in [7, 11) is 0.